The van der Waals surface area contributed by atoms with Crippen molar-refractivity contribution in [1.82, 2.24) is 21.3 Å². The minimum absolute atomic E-state index is 0.314. The first kappa shape index (κ1) is 38.4. The number of allylic oxidation sites excluding steroid dienone is 8. The van der Waals surface area contributed by atoms with Gasteiger partial charge in [-0.1, -0.05) is 70.5 Å². The van der Waals surface area contributed by atoms with E-state index in [9.17, 15) is 0 Å². The van der Waals surface area contributed by atoms with Gasteiger partial charge >= 0.3 is 0 Å². The van der Waals surface area contributed by atoms with Crippen molar-refractivity contribution in [3.05, 3.63) is 75.2 Å². The van der Waals surface area contributed by atoms with Gasteiger partial charge in [-0.2, -0.15) is 0 Å². The summed E-state index contributed by atoms with van der Waals surface area (Å²) in [6, 6.07) is 1.07. The van der Waals surface area contributed by atoms with E-state index in [0.29, 0.717) is 54.5 Å². The van der Waals surface area contributed by atoms with E-state index in [1.54, 1.807) is 11.1 Å². The molecule has 0 aromatic rings. The van der Waals surface area contributed by atoms with Gasteiger partial charge in [0.2, 0.25) is 0 Å². The van der Waals surface area contributed by atoms with Gasteiger partial charge in [-0.25, -0.2) is 0 Å². The van der Waals surface area contributed by atoms with Crippen molar-refractivity contribution < 1.29 is 0 Å². The standard InChI is InChI=1S/C51H76N5/c1-5-17-34(18-6-1)46-33-47(35-19-7-2-8-20-35)53-50(52-46)44-31-29-42(38-25-13-15-27-40(38)44)43-30-32-45(41-28-16-14-26-39(41)43)51-55-48(36-21-9-3-10-22-36)54-49(56-51)37-23-11-4-12-24-37/h1,3,5,9,19,23,34,36,42-52,54-56H,2,4,6-8,10-18,20-22,24-33H2/q-1. The highest BCUT2D eigenvalue weighted by molar-refractivity contribution is 5.36. The molecule has 0 bridgehead atoms. The van der Waals surface area contributed by atoms with Crippen LogP contribution < -0.4 is 21.3 Å². The lowest BCUT2D eigenvalue weighted by Crippen LogP contribution is -2.71. The molecule has 56 heavy (non-hydrogen) atoms. The monoisotopic (exact) mass is 759 g/mol. The molecule has 2 heterocycles. The Balaban J connectivity index is 0.918. The van der Waals surface area contributed by atoms with Crippen LogP contribution in [0.1, 0.15) is 173 Å². The van der Waals surface area contributed by atoms with Crippen LogP contribution >= 0.6 is 0 Å². The summed E-state index contributed by atoms with van der Waals surface area (Å²) in [5.41, 5.74) is 11.0. The zero-order chi connectivity index (χ0) is 37.3. The zero-order valence-electron chi connectivity index (χ0n) is 34.9. The summed E-state index contributed by atoms with van der Waals surface area (Å²) in [6.07, 6.45) is 52.3. The first-order chi connectivity index (χ1) is 27.8. The molecule has 306 valence electrons. The van der Waals surface area contributed by atoms with Crippen LogP contribution in [0.15, 0.2) is 69.9 Å². The van der Waals surface area contributed by atoms with Crippen molar-refractivity contribution in [2.75, 3.05) is 0 Å². The molecular weight excluding hydrogens is 683 g/mol. The van der Waals surface area contributed by atoms with Crippen molar-refractivity contribution in [1.29, 1.82) is 0 Å². The zero-order valence-corrected chi connectivity index (χ0v) is 34.9. The topological polar surface area (TPSA) is 62.2 Å². The molecule has 10 aliphatic rings. The van der Waals surface area contributed by atoms with Crippen molar-refractivity contribution >= 4 is 0 Å². The summed E-state index contributed by atoms with van der Waals surface area (Å²) in [4.78, 5) is 0. The maximum absolute atomic E-state index is 5.84. The van der Waals surface area contributed by atoms with E-state index in [4.69, 9.17) is 5.32 Å². The quantitative estimate of drug-likeness (QED) is 0.195. The molecular formula is C51H76N5-. The van der Waals surface area contributed by atoms with Gasteiger partial charge < -0.3 is 10.6 Å². The van der Waals surface area contributed by atoms with Gasteiger partial charge in [0.25, 0.3) is 0 Å². The minimum Gasteiger partial charge on any atom is -0.640 e. The highest BCUT2D eigenvalue weighted by Gasteiger charge is 2.45. The van der Waals surface area contributed by atoms with Crippen LogP contribution in [-0.2, 0) is 0 Å². The SMILES string of the molecule is C1=CCC(C2CC(C3=CCCCC3)[N-]C(C3CCC(C4CCC(C5NC(C6=CCCCC6)NC(C6CC=CCC6)N5)C5=C4CCCC5)C4=C3CCCC4)N2)CC1. The molecule has 0 amide bonds. The molecule has 0 spiro atoms. The molecule has 2 aliphatic heterocycles. The maximum Gasteiger partial charge on any atom is 0.0818 e. The van der Waals surface area contributed by atoms with Crippen LogP contribution in [0.4, 0.5) is 0 Å². The number of hydrogen-bond donors (Lipinski definition) is 4. The van der Waals surface area contributed by atoms with Gasteiger partial charge in [-0.05, 0) is 209 Å². The third kappa shape index (κ3) is 8.09. The third-order valence-corrected chi connectivity index (χ3v) is 17.1. The Morgan fingerprint density at radius 3 is 1.62 bits per heavy atom. The van der Waals surface area contributed by atoms with Crippen molar-refractivity contribution in [3.63, 3.8) is 0 Å². The molecule has 8 aliphatic carbocycles. The second-order valence-corrected chi connectivity index (χ2v) is 20.2. The molecule has 0 saturated carbocycles. The summed E-state index contributed by atoms with van der Waals surface area (Å²) in [7, 11) is 0. The van der Waals surface area contributed by atoms with Crippen LogP contribution in [-0.4, -0.2) is 36.7 Å². The van der Waals surface area contributed by atoms with E-state index in [1.165, 1.54) is 173 Å². The lowest BCUT2D eigenvalue weighted by atomic mass is 9.59. The number of hydrogen-bond acceptors (Lipinski definition) is 4. The van der Waals surface area contributed by atoms with Crippen LogP contribution in [0.2, 0.25) is 0 Å². The van der Waals surface area contributed by atoms with Gasteiger partial charge in [0, 0.05) is 12.0 Å². The second kappa shape index (κ2) is 17.8. The molecule has 5 heteroatoms. The fourth-order valence-corrected chi connectivity index (χ4v) is 14.2. The first-order valence-electron chi connectivity index (χ1n) is 24.6. The Morgan fingerprint density at radius 2 is 1.00 bits per heavy atom. The fraction of sp³-hybridized carbons (Fsp3) is 0.765. The van der Waals surface area contributed by atoms with Gasteiger partial charge in [0.1, 0.15) is 0 Å². The van der Waals surface area contributed by atoms with Crippen molar-refractivity contribution in [2.45, 2.75) is 210 Å². The number of nitrogens with one attached hydrogen (secondary N) is 4. The molecule has 0 aromatic heterocycles. The van der Waals surface area contributed by atoms with Crippen molar-refractivity contribution in [3.8, 4) is 0 Å². The van der Waals surface area contributed by atoms with Crippen molar-refractivity contribution in [2.24, 2.45) is 35.5 Å². The molecule has 5 nitrogen and oxygen atoms in total. The number of rotatable bonds is 7. The van der Waals surface area contributed by atoms with Crippen LogP contribution in [0.5, 0.6) is 0 Å². The Kier molecular flexibility index (Phi) is 12.2. The van der Waals surface area contributed by atoms with Gasteiger partial charge in [-0.15, -0.1) is 6.04 Å². The normalized spacial score (nSPS) is 42.4. The predicted molar refractivity (Wildman–Crippen MR) is 233 cm³/mol. The average Bonchev–Trinajstić information content (AvgIpc) is 3.29. The summed E-state index contributed by atoms with van der Waals surface area (Å²) in [6.45, 7) is 0. The smallest absolute Gasteiger partial charge is 0.0818 e. The first-order valence-corrected chi connectivity index (χ1v) is 24.6. The molecule has 0 aromatic carbocycles. The van der Waals surface area contributed by atoms with Crippen LogP contribution in [0.3, 0.4) is 0 Å². The summed E-state index contributed by atoms with van der Waals surface area (Å²) in [5.74, 6) is 4.28. The summed E-state index contributed by atoms with van der Waals surface area (Å²) < 4.78 is 0. The van der Waals surface area contributed by atoms with E-state index >= 15 is 0 Å². The van der Waals surface area contributed by atoms with Crippen LogP contribution in [0.25, 0.3) is 5.32 Å². The van der Waals surface area contributed by atoms with Crippen LogP contribution in [0, 0.1) is 35.5 Å². The highest BCUT2D eigenvalue weighted by Crippen LogP contribution is 2.54. The van der Waals surface area contributed by atoms with E-state index < -0.39 is 0 Å². The maximum atomic E-state index is 5.84. The van der Waals surface area contributed by atoms with E-state index in [-0.39, 0.29) is 0 Å². The summed E-state index contributed by atoms with van der Waals surface area (Å²) >= 11 is 0. The predicted octanol–water partition coefficient (Wildman–Crippen LogP) is 11.7. The average molecular weight is 759 g/mol. The minimum atomic E-state index is 0.314. The number of nitrogens with zero attached hydrogens (tertiary/aromatic N) is 1. The van der Waals surface area contributed by atoms with E-state index in [1.807, 2.05) is 22.3 Å². The molecule has 4 N–H and O–H groups in total. The molecule has 12 unspecified atom stereocenters. The Hall–Kier alpha value is -1.76. The molecule has 10 rings (SSSR count). The molecule has 12 atom stereocenters. The Morgan fingerprint density at radius 1 is 0.446 bits per heavy atom. The Labute approximate surface area is 341 Å². The lowest BCUT2D eigenvalue weighted by Gasteiger charge is -2.57. The largest absolute Gasteiger partial charge is 0.640 e. The fourth-order valence-electron chi connectivity index (χ4n) is 14.2. The molecule has 2 saturated heterocycles. The van der Waals surface area contributed by atoms with E-state index in [0.717, 1.165) is 17.8 Å². The molecule has 2 fully saturated rings. The van der Waals surface area contributed by atoms with E-state index in [2.05, 4.69) is 57.7 Å². The highest BCUT2D eigenvalue weighted by atomic mass is 15.4. The van der Waals surface area contributed by atoms with Gasteiger partial charge in [0.15, 0.2) is 0 Å². The summed E-state index contributed by atoms with van der Waals surface area (Å²) in [5, 5.41) is 22.8. The van der Waals surface area contributed by atoms with Gasteiger partial charge in [-0.3, -0.25) is 16.0 Å². The lowest BCUT2D eigenvalue weighted by molar-refractivity contribution is 0.119. The third-order valence-electron chi connectivity index (χ3n) is 17.1. The Bertz CT molecular complexity index is 1460. The second-order valence-electron chi connectivity index (χ2n) is 20.2. The molecule has 0 radical (unpaired) electrons. The van der Waals surface area contributed by atoms with Gasteiger partial charge in [0.05, 0.1) is 18.5 Å².